The van der Waals surface area contributed by atoms with Crippen LogP contribution in [0.5, 0.6) is 5.75 Å². The highest BCUT2D eigenvalue weighted by Crippen LogP contribution is 2.39. The minimum Gasteiger partial charge on any atom is -0.507 e. The van der Waals surface area contributed by atoms with Crippen molar-refractivity contribution in [3.63, 3.8) is 0 Å². The molecule has 21 heavy (non-hydrogen) atoms. The molecular weight excluding hydrogens is 256 g/mol. The first-order chi connectivity index (χ1) is 9.50. The lowest BCUT2D eigenvalue weighted by Crippen LogP contribution is -2.22. The second-order valence-corrected chi connectivity index (χ2v) is 8.43. The molecule has 1 unspecified atom stereocenters. The Morgan fingerprint density at radius 3 is 1.95 bits per heavy atom. The van der Waals surface area contributed by atoms with Gasteiger partial charge in [0.2, 0.25) is 0 Å². The van der Waals surface area contributed by atoms with Gasteiger partial charge in [-0.05, 0) is 46.3 Å². The van der Waals surface area contributed by atoms with Crippen LogP contribution in [0.15, 0.2) is 12.1 Å². The van der Waals surface area contributed by atoms with E-state index < -0.39 is 0 Å². The van der Waals surface area contributed by atoms with Gasteiger partial charge in [0.1, 0.15) is 5.75 Å². The average Bonchev–Trinajstić information content (AvgIpc) is 2.34. The smallest absolute Gasteiger partial charge is 0.122 e. The molecule has 0 aliphatic carbocycles. The normalized spacial score (nSPS) is 14.3. The molecule has 1 heteroatoms. The van der Waals surface area contributed by atoms with E-state index in [1.165, 1.54) is 5.56 Å². The largest absolute Gasteiger partial charge is 0.507 e. The van der Waals surface area contributed by atoms with Crippen molar-refractivity contribution in [2.45, 2.75) is 80.1 Å². The summed E-state index contributed by atoms with van der Waals surface area (Å²) in [5.74, 6) is 1.10. The molecular formula is C20H34O. The van der Waals surface area contributed by atoms with Crippen LogP contribution < -0.4 is 0 Å². The molecule has 0 heterocycles. The van der Waals surface area contributed by atoms with Gasteiger partial charge in [0, 0.05) is 0 Å². The molecule has 0 aromatic heterocycles. The van der Waals surface area contributed by atoms with Gasteiger partial charge in [-0.15, -0.1) is 0 Å². The Morgan fingerprint density at radius 2 is 1.57 bits per heavy atom. The fraction of sp³-hybridized carbons (Fsp3) is 0.700. The second kappa shape index (κ2) is 6.42. The Hall–Kier alpha value is -0.980. The topological polar surface area (TPSA) is 20.2 Å². The highest BCUT2D eigenvalue weighted by atomic mass is 16.3. The quantitative estimate of drug-likeness (QED) is 0.735. The first-order valence-corrected chi connectivity index (χ1v) is 8.35. The summed E-state index contributed by atoms with van der Waals surface area (Å²) in [7, 11) is 0. The van der Waals surface area contributed by atoms with Crippen molar-refractivity contribution in [3.05, 3.63) is 28.8 Å². The molecule has 0 radical (unpaired) electrons. The first-order valence-electron chi connectivity index (χ1n) is 8.35. The van der Waals surface area contributed by atoms with Crippen LogP contribution in [-0.4, -0.2) is 5.11 Å². The second-order valence-electron chi connectivity index (χ2n) is 8.43. The summed E-state index contributed by atoms with van der Waals surface area (Å²) in [6.07, 6.45) is 3.12. The Morgan fingerprint density at radius 1 is 1.00 bits per heavy atom. The van der Waals surface area contributed by atoms with Gasteiger partial charge in [-0.25, -0.2) is 0 Å². The molecule has 0 amide bonds. The van der Waals surface area contributed by atoms with Gasteiger partial charge in [-0.1, -0.05) is 73.9 Å². The maximum Gasteiger partial charge on any atom is 0.122 e. The van der Waals surface area contributed by atoms with E-state index in [0.717, 1.165) is 30.4 Å². The minimum absolute atomic E-state index is 0.0204. The van der Waals surface area contributed by atoms with Gasteiger partial charge in [-0.3, -0.25) is 0 Å². The summed E-state index contributed by atoms with van der Waals surface area (Å²) in [6, 6.07) is 4.38. The van der Waals surface area contributed by atoms with E-state index in [1.54, 1.807) is 0 Å². The van der Waals surface area contributed by atoms with Crippen molar-refractivity contribution in [2.24, 2.45) is 11.3 Å². The molecule has 1 aromatic carbocycles. The zero-order valence-corrected chi connectivity index (χ0v) is 15.3. The summed E-state index contributed by atoms with van der Waals surface area (Å²) in [5, 5.41) is 10.8. The predicted molar refractivity (Wildman–Crippen MR) is 93.1 cm³/mol. The number of benzene rings is 1. The number of aryl methyl sites for hydroxylation is 1. The van der Waals surface area contributed by atoms with Crippen LogP contribution in [0.3, 0.4) is 0 Å². The number of rotatable bonds is 4. The van der Waals surface area contributed by atoms with E-state index in [9.17, 15) is 5.11 Å². The van der Waals surface area contributed by atoms with Crippen molar-refractivity contribution in [1.29, 1.82) is 0 Å². The molecule has 1 N–H and O–H groups in total. The molecule has 1 rings (SSSR count). The van der Waals surface area contributed by atoms with Crippen LogP contribution in [0.4, 0.5) is 0 Å². The monoisotopic (exact) mass is 290 g/mol. The van der Waals surface area contributed by atoms with E-state index in [0.29, 0.717) is 11.7 Å². The maximum absolute atomic E-state index is 10.8. The van der Waals surface area contributed by atoms with Crippen LogP contribution in [0.2, 0.25) is 0 Å². The van der Waals surface area contributed by atoms with Crippen LogP contribution in [0.1, 0.15) is 78.5 Å². The molecule has 0 spiro atoms. The van der Waals surface area contributed by atoms with Crippen molar-refractivity contribution >= 4 is 0 Å². The lowest BCUT2D eigenvalue weighted by molar-refractivity contribution is 0.229. The average molecular weight is 290 g/mol. The van der Waals surface area contributed by atoms with Crippen LogP contribution in [-0.2, 0) is 18.3 Å². The third kappa shape index (κ3) is 4.49. The van der Waals surface area contributed by atoms with E-state index >= 15 is 0 Å². The van der Waals surface area contributed by atoms with Crippen LogP contribution >= 0.6 is 0 Å². The Kier molecular flexibility index (Phi) is 5.52. The number of hydrogen-bond acceptors (Lipinski definition) is 1. The molecule has 0 saturated carbocycles. The Balaban J connectivity index is 3.29. The number of hydrogen-bond donors (Lipinski definition) is 1. The third-order valence-electron chi connectivity index (χ3n) is 4.65. The predicted octanol–water partition coefficient (Wildman–Crippen LogP) is 5.87. The fourth-order valence-electron chi connectivity index (χ4n) is 3.02. The Bertz CT molecular complexity index is 472. The van der Waals surface area contributed by atoms with Crippen molar-refractivity contribution in [2.75, 3.05) is 0 Å². The lowest BCUT2D eigenvalue weighted by Gasteiger charge is -2.31. The van der Waals surface area contributed by atoms with Crippen molar-refractivity contribution < 1.29 is 5.11 Å². The summed E-state index contributed by atoms with van der Waals surface area (Å²) < 4.78 is 0. The zero-order chi connectivity index (χ0) is 16.4. The SMILES string of the molecule is CCc1cc(CC(CC)C(C)(C)C)c(O)c(C(C)(C)C)c1. The third-order valence-corrected chi connectivity index (χ3v) is 4.65. The molecule has 0 bridgehead atoms. The number of aromatic hydroxyl groups is 1. The van der Waals surface area contributed by atoms with E-state index in [4.69, 9.17) is 0 Å². The van der Waals surface area contributed by atoms with Gasteiger partial charge in [0.15, 0.2) is 0 Å². The Labute approximate surface area is 131 Å². The van der Waals surface area contributed by atoms with Crippen molar-refractivity contribution in [1.82, 2.24) is 0 Å². The molecule has 120 valence electrons. The molecule has 0 saturated heterocycles. The van der Waals surface area contributed by atoms with Crippen LogP contribution in [0.25, 0.3) is 0 Å². The van der Waals surface area contributed by atoms with Crippen molar-refractivity contribution in [3.8, 4) is 5.75 Å². The van der Waals surface area contributed by atoms with Crippen LogP contribution in [0, 0.1) is 11.3 Å². The number of phenols is 1. The van der Waals surface area contributed by atoms with E-state index in [-0.39, 0.29) is 10.8 Å². The summed E-state index contributed by atoms with van der Waals surface area (Å²) >= 11 is 0. The standard InChI is InChI=1S/C20H34O/c1-9-14-11-15(13-16(10-2)19(3,4)5)18(21)17(12-14)20(6,7)8/h11-12,16,21H,9-10,13H2,1-8H3. The molecule has 0 aliphatic rings. The highest BCUT2D eigenvalue weighted by Gasteiger charge is 2.26. The van der Waals surface area contributed by atoms with E-state index in [2.05, 4.69) is 67.5 Å². The van der Waals surface area contributed by atoms with Gasteiger partial charge in [0.25, 0.3) is 0 Å². The van der Waals surface area contributed by atoms with Gasteiger partial charge in [0.05, 0.1) is 0 Å². The molecule has 1 nitrogen and oxygen atoms in total. The van der Waals surface area contributed by atoms with Gasteiger partial charge >= 0.3 is 0 Å². The zero-order valence-electron chi connectivity index (χ0n) is 15.3. The maximum atomic E-state index is 10.8. The molecule has 1 atom stereocenters. The minimum atomic E-state index is -0.0204. The summed E-state index contributed by atoms with van der Waals surface area (Å²) in [6.45, 7) is 17.8. The highest BCUT2D eigenvalue weighted by molar-refractivity contribution is 5.47. The molecule has 1 aromatic rings. The van der Waals surface area contributed by atoms with Gasteiger partial charge in [-0.2, -0.15) is 0 Å². The summed E-state index contributed by atoms with van der Waals surface area (Å²) in [5.41, 5.74) is 3.79. The van der Waals surface area contributed by atoms with E-state index in [1.807, 2.05) is 0 Å². The molecule has 0 aliphatic heterocycles. The number of phenolic OH excluding ortho intramolecular Hbond substituents is 1. The fourth-order valence-corrected chi connectivity index (χ4v) is 3.02. The molecule has 0 fully saturated rings. The first kappa shape index (κ1) is 18.1. The summed E-state index contributed by atoms with van der Waals surface area (Å²) in [4.78, 5) is 0. The lowest BCUT2D eigenvalue weighted by atomic mass is 9.74. The van der Waals surface area contributed by atoms with Gasteiger partial charge < -0.3 is 5.11 Å².